The summed E-state index contributed by atoms with van der Waals surface area (Å²) in [5.41, 5.74) is 5.43. The molecule has 6 aliphatic heterocycles. The van der Waals surface area contributed by atoms with E-state index in [1.807, 2.05) is 60.7 Å². The quantitative estimate of drug-likeness (QED) is 0.176. The van der Waals surface area contributed by atoms with Crippen molar-refractivity contribution in [3.05, 3.63) is 83.9 Å². The average Bonchev–Trinajstić information content (AvgIpc) is 3.87. The molecule has 2 N–H and O–H groups in total. The predicted octanol–water partition coefficient (Wildman–Crippen LogP) is 5.04. The average molecular weight is 947 g/mol. The van der Waals surface area contributed by atoms with Gasteiger partial charge in [0.2, 0.25) is 11.9 Å². The van der Waals surface area contributed by atoms with Crippen molar-refractivity contribution in [2.45, 2.75) is 75.5 Å². The third-order valence-electron chi connectivity index (χ3n) is 14.6. The molecule has 6 aromatic rings. The van der Waals surface area contributed by atoms with Crippen LogP contribution in [0.15, 0.2) is 72.8 Å². The van der Waals surface area contributed by atoms with E-state index >= 15 is 0 Å². The molecular formula is C52H58N12O6. The van der Waals surface area contributed by atoms with E-state index in [4.69, 9.17) is 48.9 Å². The van der Waals surface area contributed by atoms with Gasteiger partial charge in [-0.25, -0.2) is 9.97 Å². The molecule has 6 unspecified atom stereocenters. The van der Waals surface area contributed by atoms with Crippen LogP contribution in [0.3, 0.4) is 0 Å². The summed E-state index contributed by atoms with van der Waals surface area (Å²) in [7, 11) is 1.63. The van der Waals surface area contributed by atoms with Crippen molar-refractivity contribution < 1.29 is 28.5 Å². The molecule has 18 heteroatoms. The molecule has 6 aliphatic rings. The Kier molecular flexibility index (Phi) is 12.1. The Morgan fingerprint density at radius 1 is 0.629 bits per heavy atom. The summed E-state index contributed by atoms with van der Waals surface area (Å²) in [4.78, 5) is 66.3. The number of benzene rings is 2. The minimum absolute atomic E-state index is 0.0939. The van der Waals surface area contributed by atoms with Crippen LogP contribution in [0.2, 0.25) is 0 Å². The normalized spacial score (nSPS) is 24.4. The summed E-state index contributed by atoms with van der Waals surface area (Å²) in [5.74, 6) is 2.68. The molecule has 4 bridgehead atoms. The number of fused-ring (bicyclic) bond motifs is 6. The number of morpholine rings is 4. The molecular weight excluding hydrogens is 889 g/mol. The number of hydrogen-bond donors (Lipinski definition) is 2. The third kappa shape index (κ3) is 8.82. The lowest BCUT2D eigenvalue weighted by atomic mass is 10.1. The van der Waals surface area contributed by atoms with Crippen LogP contribution in [-0.4, -0.2) is 158 Å². The number of carbonyl (C=O) groups is 2. The van der Waals surface area contributed by atoms with Gasteiger partial charge in [-0.15, -0.1) is 0 Å². The van der Waals surface area contributed by atoms with Crippen LogP contribution in [0.5, 0.6) is 0 Å². The molecule has 12 rings (SSSR count). The lowest BCUT2D eigenvalue weighted by molar-refractivity contribution is -0.0192. The van der Waals surface area contributed by atoms with Crippen molar-refractivity contribution in [1.29, 1.82) is 0 Å². The summed E-state index contributed by atoms with van der Waals surface area (Å²) in [6, 6.07) is 23.5. The topological polar surface area (TPSA) is 185 Å². The van der Waals surface area contributed by atoms with E-state index in [1.165, 1.54) is 0 Å². The molecule has 0 radical (unpaired) electrons. The lowest BCUT2D eigenvalue weighted by Crippen LogP contribution is -2.49. The number of rotatable bonds is 11. The van der Waals surface area contributed by atoms with Gasteiger partial charge < -0.3 is 49.2 Å². The molecule has 2 amide bonds. The third-order valence-corrected chi connectivity index (χ3v) is 14.6. The second kappa shape index (κ2) is 19.0. The molecule has 0 saturated carbocycles. The fourth-order valence-corrected chi connectivity index (χ4v) is 11.1. The molecule has 18 nitrogen and oxygen atoms in total. The van der Waals surface area contributed by atoms with E-state index in [0.717, 1.165) is 96.8 Å². The molecule has 70 heavy (non-hydrogen) atoms. The molecule has 4 aromatic heterocycles. The standard InChI is InChI=1S/C52H58N12O6/c1-31-25-62(48-42-14-16-43(32-5-3-7-34(23-32)49(65)53-2)56-46(42)58-52(60-48)64-36-9-10-37(64)30-68-29-36)26-40(69-31)17-18-54-50(66)35-8-4-6-33(24-35)44-15-13-41-45(55-44)57-51(59-47(41)61-19-21-67-22-20-61)63-27-38-11-12-39(28-63)70-38/h3-8,13-16,23-24,31,36-40H,9-12,17-22,25-30H2,1-2H3,(H,53,65)(H,54,66). The Morgan fingerprint density at radius 2 is 1.24 bits per heavy atom. The zero-order chi connectivity index (χ0) is 47.3. The Morgan fingerprint density at radius 3 is 1.90 bits per heavy atom. The van der Waals surface area contributed by atoms with E-state index in [-0.39, 0.29) is 48.3 Å². The van der Waals surface area contributed by atoms with Crippen molar-refractivity contribution in [2.75, 3.05) is 98.9 Å². The maximum atomic E-state index is 13.8. The maximum absolute atomic E-state index is 13.8. The highest BCUT2D eigenvalue weighted by Gasteiger charge is 2.40. The minimum Gasteiger partial charge on any atom is -0.378 e. The minimum atomic E-state index is -0.174. The van der Waals surface area contributed by atoms with Crippen LogP contribution in [-0.2, 0) is 18.9 Å². The van der Waals surface area contributed by atoms with Crippen molar-refractivity contribution in [1.82, 2.24) is 40.5 Å². The Hall–Kier alpha value is -6.60. The zero-order valence-electron chi connectivity index (χ0n) is 39.6. The second-order valence-corrected chi connectivity index (χ2v) is 19.4. The van der Waals surface area contributed by atoms with Crippen LogP contribution in [0.4, 0.5) is 23.5 Å². The first-order valence-electron chi connectivity index (χ1n) is 24.9. The fourth-order valence-electron chi connectivity index (χ4n) is 11.1. The lowest BCUT2D eigenvalue weighted by Gasteiger charge is -2.39. The fraction of sp³-hybridized carbons (Fsp3) is 0.462. The summed E-state index contributed by atoms with van der Waals surface area (Å²) >= 11 is 0. The molecule has 2 aromatic carbocycles. The monoisotopic (exact) mass is 946 g/mol. The molecule has 10 heterocycles. The van der Waals surface area contributed by atoms with E-state index < -0.39 is 0 Å². The molecule has 6 atom stereocenters. The van der Waals surface area contributed by atoms with Gasteiger partial charge in [0.15, 0.2) is 11.3 Å². The summed E-state index contributed by atoms with van der Waals surface area (Å²) in [5, 5.41) is 7.61. The van der Waals surface area contributed by atoms with Crippen LogP contribution in [0.25, 0.3) is 44.6 Å². The molecule has 362 valence electrons. The van der Waals surface area contributed by atoms with Gasteiger partial charge in [-0.05, 0) is 87.6 Å². The van der Waals surface area contributed by atoms with Crippen LogP contribution in [0, 0.1) is 0 Å². The number of nitrogens with zero attached hydrogens (tertiary/aromatic N) is 10. The van der Waals surface area contributed by atoms with Gasteiger partial charge in [-0.1, -0.05) is 24.3 Å². The summed E-state index contributed by atoms with van der Waals surface area (Å²) in [6.45, 7) is 9.30. The largest absolute Gasteiger partial charge is 0.378 e. The SMILES string of the molecule is CNC(=O)c1cccc(-c2ccc3c(N4CC(C)OC(CCNC(=O)c5cccc(-c6ccc7c(N8CCOCC8)nc(N8CC9CCC(C8)O9)nc7n6)c5)C4)nc(N4C5CCC4COC5)nc3n2)c1. The number of nitrogens with one attached hydrogen (secondary N) is 2. The first kappa shape index (κ1) is 44.6. The van der Waals surface area contributed by atoms with E-state index in [2.05, 4.69) is 43.2 Å². The molecule has 0 aliphatic carbocycles. The van der Waals surface area contributed by atoms with Crippen molar-refractivity contribution in [3.8, 4) is 22.5 Å². The van der Waals surface area contributed by atoms with Crippen LogP contribution in [0.1, 0.15) is 59.7 Å². The van der Waals surface area contributed by atoms with Gasteiger partial charge in [-0.2, -0.15) is 19.9 Å². The first-order chi connectivity index (χ1) is 34.3. The first-order valence-corrected chi connectivity index (χ1v) is 24.9. The smallest absolute Gasteiger partial charge is 0.251 e. The van der Waals surface area contributed by atoms with Gasteiger partial charge in [0, 0.05) is 75.1 Å². The van der Waals surface area contributed by atoms with E-state index in [9.17, 15) is 9.59 Å². The van der Waals surface area contributed by atoms with Crippen LogP contribution < -0.4 is 30.2 Å². The highest BCUT2D eigenvalue weighted by Crippen LogP contribution is 2.37. The van der Waals surface area contributed by atoms with Gasteiger partial charge in [-0.3, -0.25) is 9.59 Å². The number of ether oxygens (including phenoxy) is 4. The number of pyridine rings is 2. The van der Waals surface area contributed by atoms with Crippen molar-refractivity contribution in [3.63, 3.8) is 0 Å². The number of hydrogen-bond acceptors (Lipinski definition) is 16. The molecule has 6 saturated heterocycles. The van der Waals surface area contributed by atoms with Crippen molar-refractivity contribution in [2.24, 2.45) is 0 Å². The number of carbonyl (C=O) groups excluding carboxylic acids is 2. The van der Waals surface area contributed by atoms with Crippen LogP contribution >= 0.6 is 0 Å². The number of aromatic nitrogens is 6. The van der Waals surface area contributed by atoms with E-state index in [1.54, 1.807) is 13.1 Å². The highest BCUT2D eigenvalue weighted by atomic mass is 16.5. The summed E-state index contributed by atoms with van der Waals surface area (Å²) < 4.78 is 24.3. The Labute approximate surface area is 406 Å². The number of amides is 2. The zero-order valence-corrected chi connectivity index (χ0v) is 39.6. The van der Waals surface area contributed by atoms with Gasteiger partial charge in [0.05, 0.1) is 85.1 Å². The Bertz CT molecular complexity index is 2930. The summed E-state index contributed by atoms with van der Waals surface area (Å²) in [6.07, 6.45) is 4.90. The van der Waals surface area contributed by atoms with Crippen molar-refractivity contribution >= 4 is 57.4 Å². The second-order valence-electron chi connectivity index (χ2n) is 19.4. The number of anilines is 4. The van der Waals surface area contributed by atoms with E-state index in [0.29, 0.717) is 86.8 Å². The highest BCUT2D eigenvalue weighted by molar-refractivity contribution is 5.97. The van der Waals surface area contributed by atoms with Gasteiger partial charge in [0.1, 0.15) is 11.6 Å². The molecule has 6 fully saturated rings. The van der Waals surface area contributed by atoms with Gasteiger partial charge >= 0.3 is 0 Å². The molecule has 0 spiro atoms. The Balaban J connectivity index is 0.765. The predicted molar refractivity (Wildman–Crippen MR) is 266 cm³/mol. The van der Waals surface area contributed by atoms with Gasteiger partial charge in [0.25, 0.3) is 11.8 Å². The maximum Gasteiger partial charge on any atom is 0.251 e.